The van der Waals surface area contributed by atoms with E-state index in [1.165, 1.54) is 0 Å². The summed E-state index contributed by atoms with van der Waals surface area (Å²) in [6.07, 6.45) is 1.03. The minimum atomic E-state index is -0.693. The van der Waals surface area contributed by atoms with Crippen molar-refractivity contribution in [3.63, 3.8) is 0 Å². The highest BCUT2D eigenvalue weighted by Gasteiger charge is 2.75. The number of alkyl halides is 1. The topological polar surface area (TPSA) is 98.7 Å². The Morgan fingerprint density at radius 2 is 2.06 bits per heavy atom. The molecule has 4 rings (SSSR count). The molecule has 0 radical (unpaired) electrons. The summed E-state index contributed by atoms with van der Waals surface area (Å²) in [7, 11) is 1.59. The van der Waals surface area contributed by atoms with Gasteiger partial charge in [0, 0.05) is 36.0 Å². The van der Waals surface area contributed by atoms with E-state index in [4.69, 9.17) is 0 Å². The lowest BCUT2D eigenvalue weighted by Crippen LogP contribution is -2.53. The number of anilines is 1. The highest BCUT2D eigenvalue weighted by molar-refractivity contribution is 9.09. The summed E-state index contributed by atoms with van der Waals surface area (Å²) in [4.78, 5) is 41.6. The van der Waals surface area contributed by atoms with Crippen LogP contribution in [0.5, 0.6) is 0 Å². The van der Waals surface area contributed by atoms with Gasteiger partial charge in [0.25, 0.3) is 0 Å². The summed E-state index contributed by atoms with van der Waals surface area (Å²) in [6.45, 7) is 4.12. The SMILES string of the molecule is CNC(=O)[C@H]1[C@H]2C(=O)N(CCCO)C(C(=O)Nc3cc(C)ccc3C)C23CC(Br)[C@@H]1S3. The molecule has 6 atom stereocenters. The monoisotopic (exact) mass is 509 g/mol. The van der Waals surface area contributed by atoms with Crippen molar-refractivity contribution in [2.75, 3.05) is 25.5 Å². The highest BCUT2D eigenvalue weighted by atomic mass is 79.9. The van der Waals surface area contributed by atoms with Gasteiger partial charge in [-0.1, -0.05) is 28.1 Å². The summed E-state index contributed by atoms with van der Waals surface area (Å²) < 4.78 is -0.662. The number of hydrogen-bond acceptors (Lipinski definition) is 5. The van der Waals surface area contributed by atoms with E-state index >= 15 is 0 Å². The normalized spacial score (nSPS) is 33.5. The third kappa shape index (κ3) is 3.49. The number of fused-ring (bicyclic) bond motifs is 1. The molecular formula is C22H28BrN3O4S. The average molecular weight is 510 g/mol. The molecule has 3 N–H and O–H groups in total. The van der Waals surface area contributed by atoms with Gasteiger partial charge in [-0.15, -0.1) is 11.8 Å². The molecule has 168 valence electrons. The van der Waals surface area contributed by atoms with Crippen LogP contribution in [0.4, 0.5) is 5.69 Å². The lowest BCUT2D eigenvalue weighted by Gasteiger charge is -2.35. The van der Waals surface area contributed by atoms with Crippen LogP contribution in [0, 0.1) is 25.7 Å². The predicted octanol–water partition coefficient (Wildman–Crippen LogP) is 1.83. The Labute approximate surface area is 194 Å². The van der Waals surface area contributed by atoms with E-state index in [0.29, 0.717) is 12.8 Å². The van der Waals surface area contributed by atoms with Gasteiger partial charge < -0.3 is 20.6 Å². The van der Waals surface area contributed by atoms with E-state index in [9.17, 15) is 19.5 Å². The minimum absolute atomic E-state index is 0.0510. The number of benzene rings is 1. The van der Waals surface area contributed by atoms with Crippen molar-refractivity contribution >= 4 is 51.1 Å². The Morgan fingerprint density at radius 3 is 2.74 bits per heavy atom. The zero-order valence-corrected chi connectivity index (χ0v) is 20.3. The molecule has 0 aromatic heterocycles. The fourth-order valence-electron chi connectivity index (χ4n) is 5.45. The zero-order valence-electron chi connectivity index (χ0n) is 17.9. The number of halogens is 1. The smallest absolute Gasteiger partial charge is 0.248 e. The third-order valence-corrected chi connectivity index (χ3v) is 10.0. The molecule has 31 heavy (non-hydrogen) atoms. The van der Waals surface area contributed by atoms with E-state index in [1.807, 2.05) is 32.0 Å². The number of aryl methyl sites for hydroxylation is 2. The predicted molar refractivity (Wildman–Crippen MR) is 124 cm³/mol. The summed E-state index contributed by atoms with van der Waals surface area (Å²) in [6, 6.07) is 5.18. The van der Waals surface area contributed by atoms with Gasteiger partial charge in [-0.05, 0) is 43.9 Å². The van der Waals surface area contributed by atoms with Crippen molar-refractivity contribution in [2.45, 2.75) is 47.6 Å². The third-order valence-electron chi connectivity index (χ3n) is 6.79. The first-order valence-electron chi connectivity index (χ1n) is 10.6. The van der Waals surface area contributed by atoms with Crippen LogP contribution in [-0.2, 0) is 14.4 Å². The molecule has 3 aliphatic rings. The minimum Gasteiger partial charge on any atom is -0.396 e. The van der Waals surface area contributed by atoms with Crippen molar-refractivity contribution < 1.29 is 19.5 Å². The molecule has 1 aromatic rings. The standard InChI is InChI=1S/C22H28BrN3O4S/c1-11-5-6-12(2)14(9-11)25-20(29)18-22-10-13(23)17(31-22)15(19(28)24-3)16(22)21(30)26(18)7-4-8-27/h5-6,9,13,15-18,27H,4,7-8,10H2,1-3H3,(H,24,28)(H,25,29)/t13?,15-,16-,17-,18?,22?/m0/s1. The summed E-state index contributed by atoms with van der Waals surface area (Å²) in [5.41, 5.74) is 2.72. The van der Waals surface area contributed by atoms with Crippen LogP contribution < -0.4 is 10.6 Å². The molecule has 7 nitrogen and oxygen atoms in total. The first kappa shape index (κ1) is 22.6. The van der Waals surface area contributed by atoms with Crippen molar-refractivity contribution in [1.29, 1.82) is 0 Å². The average Bonchev–Trinajstić information content (AvgIpc) is 3.32. The number of thioether (sulfide) groups is 1. The van der Waals surface area contributed by atoms with E-state index in [0.717, 1.165) is 16.8 Å². The quantitative estimate of drug-likeness (QED) is 0.508. The number of nitrogens with zero attached hydrogens (tertiary/aromatic N) is 1. The first-order valence-corrected chi connectivity index (χ1v) is 12.4. The lowest BCUT2D eigenvalue weighted by molar-refractivity contribution is -0.139. The number of aliphatic hydroxyl groups excluding tert-OH is 1. The maximum atomic E-state index is 13.7. The maximum absolute atomic E-state index is 13.7. The van der Waals surface area contributed by atoms with Gasteiger partial charge in [-0.3, -0.25) is 14.4 Å². The van der Waals surface area contributed by atoms with Crippen molar-refractivity contribution in [3.05, 3.63) is 29.3 Å². The van der Waals surface area contributed by atoms with Gasteiger partial charge in [0.15, 0.2) is 0 Å². The van der Waals surface area contributed by atoms with Crippen LogP contribution in [0.1, 0.15) is 24.0 Å². The Kier molecular flexibility index (Phi) is 6.13. The number of aliphatic hydroxyl groups is 1. The van der Waals surface area contributed by atoms with E-state index in [1.54, 1.807) is 23.7 Å². The van der Waals surface area contributed by atoms with Crippen LogP contribution in [0.2, 0.25) is 0 Å². The van der Waals surface area contributed by atoms with E-state index in [-0.39, 0.29) is 41.0 Å². The number of hydrogen-bond donors (Lipinski definition) is 3. The largest absolute Gasteiger partial charge is 0.396 e. The number of amides is 3. The Balaban J connectivity index is 1.73. The fraction of sp³-hybridized carbons (Fsp3) is 0.591. The van der Waals surface area contributed by atoms with E-state index in [2.05, 4.69) is 26.6 Å². The second kappa shape index (κ2) is 8.41. The van der Waals surface area contributed by atoms with Crippen LogP contribution >= 0.6 is 27.7 Å². The molecule has 1 spiro atoms. The number of likely N-dealkylation sites (tertiary alicyclic amines) is 1. The van der Waals surface area contributed by atoms with Gasteiger partial charge in [-0.2, -0.15) is 0 Å². The van der Waals surface area contributed by atoms with Crippen molar-refractivity contribution in [3.8, 4) is 0 Å². The Hall–Kier alpha value is -1.58. The summed E-state index contributed by atoms with van der Waals surface area (Å²) in [5.74, 6) is -1.55. The lowest BCUT2D eigenvalue weighted by atomic mass is 9.70. The summed E-state index contributed by atoms with van der Waals surface area (Å²) >= 11 is 5.33. The molecule has 0 saturated carbocycles. The van der Waals surface area contributed by atoms with Crippen molar-refractivity contribution in [1.82, 2.24) is 10.2 Å². The van der Waals surface area contributed by atoms with Gasteiger partial charge in [-0.25, -0.2) is 0 Å². The molecule has 3 heterocycles. The number of nitrogens with one attached hydrogen (secondary N) is 2. The number of rotatable bonds is 6. The zero-order chi connectivity index (χ0) is 22.5. The molecule has 2 bridgehead atoms. The Bertz CT molecular complexity index is 928. The molecule has 3 fully saturated rings. The highest BCUT2D eigenvalue weighted by Crippen LogP contribution is 2.67. The second-order valence-electron chi connectivity index (χ2n) is 8.69. The van der Waals surface area contributed by atoms with Crippen LogP contribution in [0.3, 0.4) is 0 Å². The molecule has 0 aliphatic carbocycles. The summed E-state index contributed by atoms with van der Waals surface area (Å²) in [5, 5.41) is 15.1. The van der Waals surface area contributed by atoms with Crippen LogP contribution in [0.25, 0.3) is 0 Å². The van der Waals surface area contributed by atoms with Crippen LogP contribution in [0.15, 0.2) is 18.2 Å². The molecule has 9 heteroatoms. The Morgan fingerprint density at radius 1 is 1.32 bits per heavy atom. The molecule has 3 aliphatic heterocycles. The second-order valence-corrected chi connectivity index (χ2v) is 11.4. The fourth-order valence-corrected chi connectivity index (χ4v) is 9.06. The van der Waals surface area contributed by atoms with Crippen molar-refractivity contribution in [2.24, 2.45) is 11.8 Å². The van der Waals surface area contributed by atoms with Gasteiger partial charge in [0.1, 0.15) is 6.04 Å². The van der Waals surface area contributed by atoms with Gasteiger partial charge >= 0.3 is 0 Å². The molecular weight excluding hydrogens is 482 g/mol. The molecule has 3 saturated heterocycles. The molecule has 3 amide bonds. The first-order chi connectivity index (χ1) is 14.7. The maximum Gasteiger partial charge on any atom is 0.248 e. The molecule has 3 unspecified atom stereocenters. The molecule has 1 aromatic carbocycles. The number of carbonyl (C=O) groups excluding carboxylic acids is 3. The number of carbonyl (C=O) groups is 3. The van der Waals surface area contributed by atoms with Crippen LogP contribution in [-0.4, -0.2) is 68.8 Å². The van der Waals surface area contributed by atoms with Gasteiger partial charge in [0.05, 0.1) is 16.6 Å². The van der Waals surface area contributed by atoms with Gasteiger partial charge in [0.2, 0.25) is 17.7 Å². The van der Waals surface area contributed by atoms with E-state index < -0.39 is 22.6 Å².